The third-order valence-electron chi connectivity index (χ3n) is 3.70. The molecule has 0 saturated heterocycles. The number of hydrogen-bond donors (Lipinski definition) is 1. The van der Waals surface area contributed by atoms with Gasteiger partial charge >= 0.3 is 0 Å². The van der Waals surface area contributed by atoms with Crippen molar-refractivity contribution in [3.63, 3.8) is 0 Å². The summed E-state index contributed by atoms with van der Waals surface area (Å²) in [5, 5.41) is 3.24. The molecule has 1 aromatic carbocycles. The van der Waals surface area contributed by atoms with E-state index in [0.717, 1.165) is 30.0 Å². The van der Waals surface area contributed by atoms with Gasteiger partial charge in [-0.2, -0.15) is 0 Å². The first kappa shape index (κ1) is 12.2. The van der Waals surface area contributed by atoms with E-state index in [-0.39, 0.29) is 0 Å². The molecule has 0 amide bonds. The third-order valence-corrected chi connectivity index (χ3v) is 3.70. The Kier molecular flexibility index (Phi) is 3.45. The topological polar surface area (TPSA) is 37.8 Å². The summed E-state index contributed by atoms with van der Waals surface area (Å²) in [6.45, 7) is 0. The van der Waals surface area contributed by atoms with Crippen LogP contribution < -0.4 is 5.32 Å². The molecule has 2 aromatic rings. The van der Waals surface area contributed by atoms with Crippen molar-refractivity contribution in [1.29, 1.82) is 0 Å². The molecule has 1 aliphatic rings. The van der Waals surface area contributed by atoms with Crippen molar-refractivity contribution >= 4 is 5.82 Å². The standard InChI is InChI=1S/C16H19N3/c1-17-16-13-10-6-3-7-11-14(13)18-15(19-16)12-8-4-2-5-9-12/h2,4-5,8-9H,3,6-7,10-11H2,1H3,(H,17,18,19). The number of benzene rings is 1. The summed E-state index contributed by atoms with van der Waals surface area (Å²) in [5.41, 5.74) is 3.64. The fraction of sp³-hybridized carbons (Fsp3) is 0.375. The molecule has 98 valence electrons. The molecular formula is C16H19N3. The summed E-state index contributed by atoms with van der Waals surface area (Å²) >= 11 is 0. The number of anilines is 1. The predicted octanol–water partition coefficient (Wildman–Crippen LogP) is 3.45. The second-order valence-electron chi connectivity index (χ2n) is 5.00. The molecule has 19 heavy (non-hydrogen) atoms. The number of rotatable bonds is 2. The van der Waals surface area contributed by atoms with Crippen molar-refractivity contribution in [1.82, 2.24) is 9.97 Å². The molecule has 1 heterocycles. The molecule has 3 heteroatoms. The van der Waals surface area contributed by atoms with Crippen LogP contribution >= 0.6 is 0 Å². The fourth-order valence-electron chi connectivity index (χ4n) is 2.69. The first-order valence-electron chi connectivity index (χ1n) is 7.01. The maximum Gasteiger partial charge on any atom is 0.161 e. The molecule has 0 fully saturated rings. The second-order valence-corrected chi connectivity index (χ2v) is 5.00. The molecule has 0 bridgehead atoms. The quantitative estimate of drug-likeness (QED) is 0.833. The second kappa shape index (κ2) is 5.39. The number of nitrogens with one attached hydrogen (secondary N) is 1. The molecule has 1 aromatic heterocycles. The van der Waals surface area contributed by atoms with Gasteiger partial charge in [-0.1, -0.05) is 36.8 Å². The van der Waals surface area contributed by atoms with Crippen LogP contribution in [-0.2, 0) is 12.8 Å². The van der Waals surface area contributed by atoms with E-state index >= 15 is 0 Å². The SMILES string of the molecule is CNc1nc(-c2ccccc2)nc2c1CCCCC2. The van der Waals surface area contributed by atoms with Crippen molar-refractivity contribution in [3.05, 3.63) is 41.6 Å². The number of fused-ring (bicyclic) bond motifs is 1. The van der Waals surface area contributed by atoms with E-state index < -0.39 is 0 Å². The third kappa shape index (κ3) is 2.46. The van der Waals surface area contributed by atoms with Crippen LogP contribution in [0.3, 0.4) is 0 Å². The van der Waals surface area contributed by atoms with Crippen LogP contribution in [0, 0.1) is 0 Å². The summed E-state index contributed by atoms with van der Waals surface area (Å²) in [6, 6.07) is 10.2. The fourth-order valence-corrected chi connectivity index (χ4v) is 2.69. The largest absolute Gasteiger partial charge is 0.373 e. The van der Waals surface area contributed by atoms with Crippen LogP contribution in [0.1, 0.15) is 30.5 Å². The van der Waals surface area contributed by atoms with E-state index in [1.165, 1.54) is 30.5 Å². The summed E-state index contributed by atoms with van der Waals surface area (Å²) in [5.74, 6) is 1.84. The van der Waals surface area contributed by atoms with Gasteiger partial charge in [0.05, 0.1) is 0 Å². The number of nitrogens with zero attached hydrogens (tertiary/aromatic N) is 2. The molecule has 0 unspecified atom stereocenters. The Morgan fingerprint density at radius 2 is 1.74 bits per heavy atom. The van der Waals surface area contributed by atoms with E-state index in [1.807, 2.05) is 25.2 Å². The number of aromatic nitrogens is 2. The van der Waals surface area contributed by atoms with Crippen molar-refractivity contribution in [3.8, 4) is 11.4 Å². The van der Waals surface area contributed by atoms with Crippen LogP contribution in [0.5, 0.6) is 0 Å². The predicted molar refractivity (Wildman–Crippen MR) is 78.3 cm³/mol. The van der Waals surface area contributed by atoms with Gasteiger partial charge in [-0.25, -0.2) is 9.97 Å². The van der Waals surface area contributed by atoms with E-state index in [1.54, 1.807) is 0 Å². The van der Waals surface area contributed by atoms with Gasteiger partial charge in [0, 0.05) is 23.9 Å². The van der Waals surface area contributed by atoms with Crippen LogP contribution in [0.25, 0.3) is 11.4 Å². The number of aryl methyl sites for hydroxylation is 1. The minimum Gasteiger partial charge on any atom is -0.373 e. The van der Waals surface area contributed by atoms with Gasteiger partial charge < -0.3 is 5.32 Å². The molecular weight excluding hydrogens is 234 g/mol. The Morgan fingerprint density at radius 1 is 0.947 bits per heavy atom. The van der Waals surface area contributed by atoms with Gasteiger partial charge in [0.25, 0.3) is 0 Å². The van der Waals surface area contributed by atoms with Crippen molar-refractivity contribution in [2.24, 2.45) is 0 Å². The minimum absolute atomic E-state index is 0.839. The summed E-state index contributed by atoms with van der Waals surface area (Å²) < 4.78 is 0. The highest BCUT2D eigenvalue weighted by atomic mass is 15.0. The highest BCUT2D eigenvalue weighted by Gasteiger charge is 2.16. The van der Waals surface area contributed by atoms with Gasteiger partial charge in [-0.15, -0.1) is 0 Å². The summed E-state index contributed by atoms with van der Waals surface area (Å²) in [7, 11) is 1.95. The van der Waals surface area contributed by atoms with Gasteiger partial charge in [0.2, 0.25) is 0 Å². The number of hydrogen-bond acceptors (Lipinski definition) is 3. The average molecular weight is 253 g/mol. The molecule has 3 rings (SSSR count). The Morgan fingerprint density at radius 3 is 2.53 bits per heavy atom. The molecule has 0 aliphatic heterocycles. The average Bonchev–Trinajstić information content (AvgIpc) is 2.72. The van der Waals surface area contributed by atoms with E-state index in [9.17, 15) is 0 Å². The lowest BCUT2D eigenvalue weighted by Crippen LogP contribution is -2.06. The normalized spacial score (nSPS) is 14.6. The Bertz CT molecular complexity index is 564. The molecule has 0 spiro atoms. The molecule has 0 radical (unpaired) electrons. The van der Waals surface area contributed by atoms with Crippen LogP contribution in [0.15, 0.2) is 30.3 Å². The van der Waals surface area contributed by atoms with Crippen LogP contribution in [-0.4, -0.2) is 17.0 Å². The van der Waals surface area contributed by atoms with Gasteiger partial charge in [0.15, 0.2) is 5.82 Å². The lowest BCUT2D eigenvalue weighted by molar-refractivity contribution is 0.709. The molecule has 3 nitrogen and oxygen atoms in total. The highest BCUT2D eigenvalue weighted by Crippen LogP contribution is 2.27. The van der Waals surface area contributed by atoms with E-state index in [0.29, 0.717) is 0 Å². The molecule has 1 aliphatic carbocycles. The molecule has 0 atom stereocenters. The zero-order valence-electron chi connectivity index (χ0n) is 11.3. The first-order valence-corrected chi connectivity index (χ1v) is 7.01. The summed E-state index contributed by atoms with van der Waals surface area (Å²) in [6.07, 6.45) is 5.95. The lowest BCUT2D eigenvalue weighted by Gasteiger charge is -2.12. The Hall–Kier alpha value is -1.90. The molecule has 0 saturated carbocycles. The lowest BCUT2D eigenvalue weighted by atomic mass is 10.1. The smallest absolute Gasteiger partial charge is 0.161 e. The Labute approximate surface area is 114 Å². The maximum absolute atomic E-state index is 4.80. The molecule has 1 N–H and O–H groups in total. The highest BCUT2D eigenvalue weighted by molar-refractivity contribution is 5.60. The van der Waals surface area contributed by atoms with Crippen LogP contribution in [0.4, 0.5) is 5.82 Å². The van der Waals surface area contributed by atoms with E-state index in [4.69, 9.17) is 9.97 Å². The summed E-state index contributed by atoms with van der Waals surface area (Å²) in [4.78, 5) is 9.50. The first-order chi connectivity index (χ1) is 9.38. The van der Waals surface area contributed by atoms with Crippen molar-refractivity contribution < 1.29 is 0 Å². The zero-order chi connectivity index (χ0) is 13.1. The van der Waals surface area contributed by atoms with Crippen molar-refractivity contribution in [2.45, 2.75) is 32.1 Å². The Balaban J connectivity index is 2.10. The maximum atomic E-state index is 4.80. The van der Waals surface area contributed by atoms with Gasteiger partial charge in [0.1, 0.15) is 5.82 Å². The van der Waals surface area contributed by atoms with Gasteiger partial charge in [-0.05, 0) is 25.7 Å². The van der Waals surface area contributed by atoms with Gasteiger partial charge in [-0.3, -0.25) is 0 Å². The van der Waals surface area contributed by atoms with Crippen molar-refractivity contribution in [2.75, 3.05) is 12.4 Å². The van der Waals surface area contributed by atoms with Crippen LogP contribution in [0.2, 0.25) is 0 Å². The van der Waals surface area contributed by atoms with E-state index in [2.05, 4.69) is 17.4 Å². The zero-order valence-corrected chi connectivity index (χ0v) is 11.3. The monoisotopic (exact) mass is 253 g/mol. The minimum atomic E-state index is 0.839.